The Labute approximate surface area is 106 Å². The number of hydrogen-bond donors (Lipinski definition) is 2. The van der Waals surface area contributed by atoms with Crippen molar-refractivity contribution in [2.24, 2.45) is 12.8 Å². The number of carbonyl (C=O) groups is 1. The lowest BCUT2D eigenvalue weighted by molar-refractivity contribution is 0.0946. The van der Waals surface area contributed by atoms with Gasteiger partial charge in [0.1, 0.15) is 5.69 Å². The fourth-order valence-electron chi connectivity index (χ4n) is 1.64. The molecule has 0 aliphatic rings. The van der Waals surface area contributed by atoms with E-state index in [4.69, 9.17) is 5.73 Å². The minimum absolute atomic E-state index is 0.206. The molecule has 1 aromatic carbocycles. The third-order valence-corrected chi connectivity index (χ3v) is 2.65. The third-order valence-electron chi connectivity index (χ3n) is 2.65. The van der Waals surface area contributed by atoms with Crippen molar-refractivity contribution in [3.05, 3.63) is 54.1 Å². The number of imidazole rings is 1. The van der Waals surface area contributed by atoms with E-state index in [9.17, 15) is 4.79 Å². The SMILES string of the molecule is Cn1cnc(C(=O)NCC(N)c2ccccc2)c1. The summed E-state index contributed by atoms with van der Waals surface area (Å²) in [6, 6.07) is 9.46. The van der Waals surface area contributed by atoms with E-state index in [0.717, 1.165) is 5.56 Å². The molecule has 1 aromatic heterocycles. The van der Waals surface area contributed by atoms with Crippen LogP contribution in [-0.4, -0.2) is 22.0 Å². The van der Waals surface area contributed by atoms with Gasteiger partial charge in [-0.2, -0.15) is 0 Å². The number of nitrogens with two attached hydrogens (primary N) is 1. The number of aryl methyl sites for hydroxylation is 1. The molecular formula is C13H16N4O. The highest BCUT2D eigenvalue weighted by Gasteiger charge is 2.11. The molecule has 0 fully saturated rings. The maximum Gasteiger partial charge on any atom is 0.271 e. The van der Waals surface area contributed by atoms with Gasteiger partial charge in [0.2, 0.25) is 0 Å². The number of benzene rings is 1. The van der Waals surface area contributed by atoms with E-state index in [0.29, 0.717) is 12.2 Å². The quantitative estimate of drug-likeness (QED) is 0.837. The summed E-state index contributed by atoms with van der Waals surface area (Å²) in [5, 5.41) is 2.77. The van der Waals surface area contributed by atoms with Crippen LogP contribution in [0, 0.1) is 0 Å². The van der Waals surface area contributed by atoms with Crippen molar-refractivity contribution in [1.82, 2.24) is 14.9 Å². The maximum absolute atomic E-state index is 11.8. The minimum atomic E-state index is -0.209. The molecule has 5 nitrogen and oxygen atoms in total. The molecule has 0 spiro atoms. The fraction of sp³-hybridized carbons (Fsp3) is 0.231. The number of nitrogens with one attached hydrogen (secondary N) is 1. The smallest absolute Gasteiger partial charge is 0.271 e. The van der Waals surface area contributed by atoms with E-state index in [2.05, 4.69) is 10.3 Å². The standard InChI is InChI=1S/C13H16N4O/c1-17-8-12(16-9-17)13(18)15-7-11(14)10-5-3-2-4-6-10/h2-6,8-9,11H,7,14H2,1H3,(H,15,18). The highest BCUT2D eigenvalue weighted by molar-refractivity contribution is 5.92. The lowest BCUT2D eigenvalue weighted by atomic mass is 10.1. The van der Waals surface area contributed by atoms with E-state index in [-0.39, 0.29) is 11.9 Å². The predicted molar refractivity (Wildman–Crippen MR) is 68.9 cm³/mol. The average Bonchev–Trinajstić information content (AvgIpc) is 2.83. The molecular weight excluding hydrogens is 228 g/mol. The Bertz CT molecular complexity index is 521. The summed E-state index contributed by atoms with van der Waals surface area (Å²) in [7, 11) is 1.82. The fourth-order valence-corrected chi connectivity index (χ4v) is 1.64. The van der Waals surface area contributed by atoms with Crippen LogP contribution < -0.4 is 11.1 Å². The molecule has 3 N–H and O–H groups in total. The monoisotopic (exact) mass is 244 g/mol. The largest absolute Gasteiger partial charge is 0.349 e. The van der Waals surface area contributed by atoms with Gasteiger partial charge in [-0.05, 0) is 5.56 Å². The van der Waals surface area contributed by atoms with Gasteiger partial charge in [0.25, 0.3) is 5.91 Å². The van der Waals surface area contributed by atoms with Crippen LogP contribution in [0.25, 0.3) is 0 Å². The molecule has 0 bridgehead atoms. The topological polar surface area (TPSA) is 72.9 Å². The molecule has 2 rings (SSSR count). The number of rotatable bonds is 4. The maximum atomic E-state index is 11.8. The Balaban J connectivity index is 1.90. The molecule has 0 saturated heterocycles. The third kappa shape index (κ3) is 2.95. The Morgan fingerprint density at radius 1 is 1.44 bits per heavy atom. The average molecular weight is 244 g/mol. The highest BCUT2D eigenvalue weighted by atomic mass is 16.1. The first kappa shape index (κ1) is 12.3. The lowest BCUT2D eigenvalue weighted by Gasteiger charge is -2.12. The van der Waals surface area contributed by atoms with E-state index in [1.807, 2.05) is 37.4 Å². The van der Waals surface area contributed by atoms with Crippen molar-refractivity contribution in [1.29, 1.82) is 0 Å². The first-order chi connectivity index (χ1) is 8.66. The van der Waals surface area contributed by atoms with Gasteiger partial charge in [-0.1, -0.05) is 30.3 Å². The zero-order valence-corrected chi connectivity index (χ0v) is 10.2. The van der Waals surface area contributed by atoms with Gasteiger partial charge in [0, 0.05) is 25.8 Å². The number of hydrogen-bond acceptors (Lipinski definition) is 3. The summed E-state index contributed by atoms with van der Waals surface area (Å²) in [6.07, 6.45) is 3.26. The molecule has 5 heteroatoms. The van der Waals surface area contributed by atoms with Crippen molar-refractivity contribution >= 4 is 5.91 Å². The van der Waals surface area contributed by atoms with E-state index in [1.165, 1.54) is 0 Å². The van der Waals surface area contributed by atoms with Gasteiger partial charge in [-0.3, -0.25) is 4.79 Å². The van der Waals surface area contributed by atoms with Crippen molar-refractivity contribution in [2.45, 2.75) is 6.04 Å². The lowest BCUT2D eigenvalue weighted by Crippen LogP contribution is -2.32. The van der Waals surface area contributed by atoms with Gasteiger partial charge in [-0.15, -0.1) is 0 Å². The van der Waals surface area contributed by atoms with Crippen LogP contribution in [0.1, 0.15) is 22.1 Å². The van der Waals surface area contributed by atoms with Crippen molar-refractivity contribution < 1.29 is 4.79 Å². The molecule has 1 amide bonds. The van der Waals surface area contributed by atoms with Crippen LogP contribution >= 0.6 is 0 Å². The number of aromatic nitrogens is 2. The number of nitrogens with zero attached hydrogens (tertiary/aromatic N) is 2. The molecule has 1 atom stereocenters. The summed E-state index contributed by atoms with van der Waals surface area (Å²) < 4.78 is 1.73. The number of amides is 1. The second-order valence-corrected chi connectivity index (χ2v) is 4.15. The zero-order chi connectivity index (χ0) is 13.0. The van der Waals surface area contributed by atoms with Crippen LogP contribution in [0.3, 0.4) is 0 Å². The number of carbonyl (C=O) groups excluding carboxylic acids is 1. The van der Waals surface area contributed by atoms with Crippen molar-refractivity contribution in [2.75, 3.05) is 6.54 Å². The highest BCUT2D eigenvalue weighted by Crippen LogP contribution is 2.08. The molecule has 0 aliphatic carbocycles. The van der Waals surface area contributed by atoms with Crippen molar-refractivity contribution in [3.63, 3.8) is 0 Å². The van der Waals surface area contributed by atoms with Gasteiger partial charge in [-0.25, -0.2) is 4.98 Å². The first-order valence-corrected chi connectivity index (χ1v) is 5.73. The van der Waals surface area contributed by atoms with Gasteiger partial charge in [0.05, 0.1) is 6.33 Å². The molecule has 94 valence electrons. The summed E-state index contributed by atoms with van der Waals surface area (Å²) in [5.41, 5.74) is 7.39. The molecule has 0 aliphatic heterocycles. The minimum Gasteiger partial charge on any atom is -0.349 e. The Morgan fingerprint density at radius 3 is 2.78 bits per heavy atom. The van der Waals surface area contributed by atoms with Gasteiger partial charge >= 0.3 is 0 Å². The summed E-state index contributed by atoms with van der Waals surface area (Å²) in [6.45, 7) is 0.388. The van der Waals surface area contributed by atoms with Crippen LogP contribution in [0.4, 0.5) is 0 Å². The molecule has 2 aromatic rings. The van der Waals surface area contributed by atoms with Gasteiger partial charge < -0.3 is 15.6 Å². The van der Waals surface area contributed by atoms with Crippen LogP contribution in [-0.2, 0) is 7.05 Å². The Morgan fingerprint density at radius 2 is 2.17 bits per heavy atom. The van der Waals surface area contributed by atoms with Gasteiger partial charge in [0.15, 0.2) is 0 Å². The van der Waals surface area contributed by atoms with Crippen molar-refractivity contribution in [3.8, 4) is 0 Å². The molecule has 0 saturated carbocycles. The molecule has 0 radical (unpaired) electrons. The first-order valence-electron chi connectivity index (χ1n) is 5.73. The normalized spacial score (nSPS) is 12.1. The summed E-state index contributed by atoms with van der Waals surface area (Å²) >= 11 is 0. The van der Waals surface area contributed by atoms with E-state index < -0.39 is 0 Å². The predicted octanol–water partition coefficient (Wildman–Crippen LogP) is 0.850. The van der Waals surface area contributed by atoms with Crippen LogP contribution in [0.5, 0.6) is 0 Å². The van der Waals surface area contributed by atoms with E-state index in [1.54, 1.807) is 17.1 Å². The van der Waals surface area contributed by atoms with Crippen LogP contribution in [0.15, 0.2) is 42.9 Å². The van der Waals surface area contributed by atoms with E-state index >= 15 is 0 Å². The molecule has 18 heavy (non-hydrogen) atoms. The zero-order valence-electron chi connectivity index (χ0n) is 10.2. The second kappa shape index (κ2) is 5.46. The van der Waals surface area contributed by atoms with Crippen LogP contribution in [0.2, 0.25) is 0 Å². The molecule has 1 unspecified atom stereocenters. The Kier molecular flexibility index (Phi) is 3.74. The second-order valence-electron chi connectivity index (χ2n) is 4.15. The summed E-state index contributed by atoms with van der Waals surface area (Å²) in [4.78, 5) is 15.7. The Hall–Kier alpha value is -2.14. The molecule has 1 heterocycles. The summed E-state index contributed by atoms with van der Waals surface area (Å²) in [5.74, 6) is -0.206.